The molecule has 1 heterocycles. The van der Waals surface area contributed by atoms with Gasteiger partial charge in [0.15, 0.2) is 0 Å². The van der Waals surface area contributed by atoms with Gasteiger partial charge < -0.3 is 9.47 Å². The zero-order valence-corrected chi connectivity index (χ0v) is 13.8. The van der Waals surface area contributed by atoms with Crippen LogP contribution in [0.1, 0.15) is 26.3 Å². The Morgan fingerprint density at radius 2 is 1.29 bits per heavy atom. The summed E-state index contributed by atoms with van der Waals surface area (Å²) >= 11 is 0. The molecule has 0 saturated carbocycles. The van der Waals surface area contributed by atoms with Crippen molar-refractivity contribution in [2.75, 3.05) is 0 Å². The van der Waals surface area contributed by atoms with Gasteiger partial charge >= 0.3 is 11.9 Å². The van der Waals surface area contributed by atoms with Gasteiger partial charge in [-0.15, -0.1) is 0 Å². The average Bonchev–Trinajstić information content (AvgIpc) is 2.54. The molecule has 3 rings (SSSR count). The Morgan fingerprint density at radius 1 is 0.792 bits per heavy atom. The summed E-state index contributed by atoms with van der Waals surface area (Å²) in [5, 5.41) is 0. The van der Waals surface area contributed by atoms with E-state index in [1.54, 1.807) is 6.92 Å². The van der Waals surface area contributed by atoms with Crippen LogP contribution in [0.4, 0.5) is 0 Å². The first-order chi connectivity index (χ1) is 11.4. The van der Waals surface area contributed by atoms with Crippen LogP contribution in [-0.4, -0.2) is 17.7 Å². The van der Waals surface area contributed by atoms with E-state index in [2.05, 4.69) is 0 Å². The molecule has 0 aromatic heterocycles. The van der Waals surface area contributed by atoms with Crippen molar-refractivity contribution in [2.45, 2.75) is 26.6 Å². The van der Waals surface area contributed by atoms with E-state index >= 15 is 0 Å². The fourth-order valence-corrected chi connectivity index (χ4v) is 2.65. The Hall–Kier alpha value is -2.88. The molecule has 1 aliphatic heterocycles. The summed E-state index contributed by atoms with van der Waals surface area (Å²) in [6, 6.07) is 17.6. The summed E-state index contributed by atoms with van der Waals surface area (Å²) in [7, 11) is 0. The second-order valence-corrected chi connectivity index (χ2v) is 6.12. The number of cyclic esters (lactones) is 2. The van der Waals surface area contributed by atoms with Gasteiger partial charge in [0, 0.05) is 13.8 Å². The molecule has 0 aliphatic carbocycles. The van der Waals surface area contributed by atoms with Gasteiger partial charge in [-0.2, -0.15) is 0 Å². The second-order valence-electron chi connectivity index (χ2n) is 6.12. The van der Waals surface area contributed by atoms with E-state index in [9.17, 15) is 9.59 Å². The largest absolute Gasteiger partial charge is 0.419 e. The molecule has 1 fully saturated rings. The normalized spacial score (nSPS) is 16.4. The Morgan fingerprint density at radius 3 is 1.83 bits per heavy atom. The smallest absolute Gasteiger partial charge is 0.349 e. The minimum Gasteiger partial charge on any atom is -0.419 e. The van der Waals surface area contributed by atoms with Gasteiger partial charge in [0.05, 0.1) is 0 Å². The Bertz CT molecular complexity index is 792. The van der Waals surface area contributed by atoms with Gasteiger partial charge in [0.1, 0.15) is 5.57 Å². The number of benzene rings is 2. The van der Waals surface area contributed by atoms with E-state index in [1.165, 1.54) is 13.8 Å². The predicted molar refractivity (Wildman–Crippen MR) is 90.7 cm³/mol. The first-order valence-electron chi connectivity index (χ1n) is 7.71. The van der Waals surface area contributed by atoms with Crippen LogP contribution in [0.2, 0.25) is 0 Å². The maximum atomic E-state index is 12.1. The van der Waals surface area contributed by atoms with Crippen LogP contribution in [0.3, 0.4) is 0 Å². The summed E-state index contributed by atoms with van der Waals surface area (Å²) in [5.41, 5.74) is 3.43. The minimum absolute atomic E-state index is 0.0539. The van der Waals surface area contributed by atoms with Gasteiger partial charge in [-0.1, -0.05) is 54.6 Å². The Kier molecular flexibility index (Phi) is 3.97. The zero-order valence-electron chi connectivity index (χ0n) is 13.8. The third-order valence-corrected chi connectivity index (χ3v) is 3.89. The van der Waals surface area contributed by atoms with Crippen LogP contribution < -0.4 is 0 Å². The van der Waals surface area contributed by atoms with Gasteiger partial charge in [-0.25, -0.2) is 9.59 Å². The molecule has 0 unspecified atom stereocenters. The molecule has 0 atom stereocenters. The summed E-state index contributed by atoms with van der Waals surface area (Å²) < 4.78 is 10.3. The maximum absolute atomic E-state index is 12.1. The van der Waals surface area contributed by atoms with Crippen LogP contribution in [0.25, 0.3) is 16.7 Å². The number of esters is 2. The maximum Gasteiger partial charge on any atom is 0.349 e. The first kappa shape index (κ1) is 16.0. The highest BCUT2D eigenvalue weighted by Gasteiger charge is 2.40. The Labute approximate surface area is 140 Å². The summed E-state index contributed by atoms with van der Waals surface area (Å²) in [6.45, 7) is 4.78. The summed E-state index contributed by atoms with van der Waals surface area (Å²) in [5.74, 6) is -2.53. The molecular weight excluding hydrogens is 304 g/mol. The van der Waals surface area contributed by atoms with E-state index in [-0.39, 0.29) is 5.57 Å². The lowest BCUT2D eigenvalue weighted by Gasteiger charge is -2.30. The first-order valence-corrected chi connectivity index (χ1v) is 7.71. The van der Waals surface area contributed by atoms with Crippen molar-refractivity contribution in [3.63, 3.8) is 0 Å². The fraction of sp³-hybridized carbons (Fsp3) is 0.200. The molecular formula is C20H18O4. The van der Waals surface area contributed by atoms with Crippen molar-refractivity contribution in [1.29, 1.82) is 0 Å². The molecule has 2 aromatic carbocycles. The molecule has 0 spiro atoms. The van der Waals surface area contributed by atoms with Crippen molar-refractivity contribution < 1.29 is 19.1 Å². The van der Waals surface area contributed by atoms with Crippen molar-refractivity contribution in [1.82, 2.24) is 0 Å². The molecule has 2 aromatic rings. The van der Waals surface area contributed by atoms with Crippen LogP contribution in [0, 0.1) is 0 Å². The highest BCUT2D eigenvalue weighted by atomic mass is 16.7. The number of rotatable bonds is 2. The zero-order chi connectivity index (χ0) is 17.3. The van der Waals surface area contributed by atoms with Gasteiger partial charge in [0.2, 0.25) is 0 Å². The molecule has 24 heavy (non-hydrogen) atoms. The van der Waals surface area contributed by atoms with Crippen molar-refractivity contribution in [3.8, 4) is 11.1 Å². The van der Waals surface area contributed by atoms with Crippen LogP contribution in [0.5, 0.6) is 0 Å². The second kappa shape index (κ2) is 5.96. The van der Waals surface area contributed by atoms with Crippen LogP contribution in [-0.2, 0) is 19.1 Å². The fourth-order valence-electron chi connectivity index (χ4n) is 2.65. The lowest BCUT2D eigenvalue weighted by Crippen LogP contribution is -2.42. The highest BCUT2D eigenvalue weighted by molar-refractivity contribution is 6.20. The lowest BCUT2D eigenvalue weighted by atomic mass is 9.97. The van der Waals surface area contributed by atoms with Gasteiger partial charge in [0.25, 0.3) is 5.79 Å². The Balaban J connectivity index is 1.94. The van der Waals surface area contributed by atoms with Crippen molar-refractivity contribution in [3.05, 3.63) is 65.7 Å². The SMILES string of the molecule is CC(=C1C(=O)OC(C)(C)OC1=O)c1ccc(-c2ccccc2)cc1. The molecule has 4 nitrogen and oxygen atoms in total. The topological polar surface area (TPSA) is 52.6 Å². The molecule has 0 amide bonds. The number of carbonyl (C=O) groups excluding carboxylic acids is 2. The lowest BCUT2D eigenvalue weighted by molar-refractivity contribution is -0.222. The van der Waals surface area contributed by atoms with Crippen molar-refractivity contribution >= 4 is 17.5 Å². The molecule has 4 heteroatoms. The molecule has 1 saturated heterocycles. The molecule has 1 aliphatic rings. The van der Waals surface area contributed by atoms with Crippen LogP contribution >= 0.6 is 0 Å². The van der Waals surface area contributed by atoms with E-state index < -0.39 is 17.7 Å². The van der Waals surface area contributed by atoms with E-state index in [4.69, 9.17) is 9.47 Å². The number of hydrogen-bond acceptors (Lipinski definition) is 4. The highest BCUT2D eigenvalue weighted by Crippen LogP contribution is 2.29. The van der Waals surface area contributed by atoms with Gasteiger partial charge in [-0.05, 0) is 29.2 Å². The average molecular weight is 322 g/mol. The molecule has 0 bridgehead atoms. The predicted octanol–water partition coefficient (Wildman–Crippen LogP) is 3.96. The number of allylic oxidation sites excluding steroid dienone is 1. The third-order valence-electron chi connectivity index (χ3n) is 3.89. The molecule has 0 N–H and O–H groups in total. The molecule has 122 valence electrons. The standard InChI is InChI=1S/C20H18O4/c1-13(17-18(21)23-20(2,3)24-19(17)22)14-9-11-16(12-10-14)15-7-5-4-6-8-15/h4-12H,1-3H3. The van der Waals surface area contributed by atoms with E-state index in [0.717, 1.165) is 16.7 Å². The quantitative estimate of drug-likeness (QED) is 0.477. The number of hydrogen-bond donors (Lipinski definition) is 0. The van der Waals surface area contributed by atoms with Gasteiger partial charge in [-0.3, -0.25) is 0 Å². The summed E-state index contributed by atoms with van der Waals surface area (Å²) in [4.78, 5) is 24.3. The number of ether oxygens (including phenoxy) is 2. The van der Waals surface area contributed by atoms with E-state index in [1.807, 2.05) is 54.6 Å². The third kappa shape index (κ3) is 3.08. The van der Waals surface area contributed by atoms with Crippen molar-refractivity contribution in [2.24, 2.45) is 0 Å². The molecule has 0 radical (unpaired) electrons. The van der Waals surface area contributed by atoms with Crippen LogP contribution in [0.15, 0.2) is 60.2 Å². The number of carbonyl (C=O) groups is 2. The van der Waals surface area contributed by atoms with E-state index in [0.29, 0.717) is 5.57 Å². The monoisotopic (exact) mass is 322 g/mol. The minimum atomic E-state index is -1.23. The summed E-state index contributed by atoms with van der Waals surface area (Å²) in [6.07, 6.45) is 0.